The molecule has 5 heteroatoms. The minimum absolute atomic E-state index is 0. The molecule has 0 spiro atoms. The van der Waals surface area contributed by atoms with Crippen LogP contribution in [0.5, 0.6) is 0 Å². The van der Waals surface area contributed by atoms with Crippen molar-refractivity contribution in [3.05, 3.63) is 0 Å². The second kappa shape index (κ2) is 5.45. The van der Waals surface area contributed by atoms with Crippen molar-refractivity contribution < 1.29 is 28.7 Å². The van der Waals surface area contributed by atoms with E-state index in [9.17, 15) is 0 Å². The fourth-order valence-corrected chi connectivity index (χ4v) is 0.358. The molecule has 0 rings (SSSR count). The number of nitrogens with zero attached hydrogens (tertiary/aromatic N) is 2. The van der Waals surface area contributed by atoms with E-state index in [0.717, 1.165) is 5.71 Å². The summed E-state index contributed by atoms with van der Waals surface area (Å²) in [7, 11) is 1.70. The molecule has 4 nitrogen and oxygen atoms in total. The third kappa shape index (κ3) is 5.80. The Hall–Kier alpha value is -0.330. The van der Waals surface area contributed by atoms with Crippen molar-refractivity contribution in [1.82, 2.24) is 0 Å². The molecule has 0 unspecified atom stereocenters. The monoisotopic (exact) mass is 256 g/mol. The number of guanidine groups is 1. The summed E-state index contributed by atoms with van der Waals surface area (Å²) in [6, 6.07) is 0. The van der Waals surface area contributed by atoms with Crippen LogP contribution in [0.4, 0.5) is 0 Å². The number of halogens is 1. The van der Waals surface area contributed by atoms with E-state index >= 15 is 0 Å². The summed E-state index contributed by atoms with van der Waals surface area (Å²) in [5, 5.41) is 3.94. The highest BCUT2D eigenvalue weighted by Gasteiger charge is 1.91. The van der Waals surface area contributed by atoms with Gasteiger partial charge < -0.3 is 24.0 Å². The first kappa shape index (κ1) is 12.4. The van der Waals surface area contributed by atoms with Gasteiger partial charge in [-0.05, 0) is 13.8 Å². The Morgan fingerprint density at radius 1 is 1.30 bits per heavy atom. The van der Waals surface area contributed by atoms with E-state index in [1.807, 2.05) is 13.8 Å². The van der Waals surface area contributed by atoms with Crippen molar-refractivity contribution in [2.75, 3.05) is 7.05 Å². The number of nitrogens with two attached hydrogens (primary N) is 2. The van der Waals surface area contributed by atoms with Gasteiger partial charge in [-0.3, -0.25) is 11.5 Å². The van der Waals surface area contributed by atoms with Crippen molar-refractivity contribution in [3.8, 4) is 0 Å². The van der Waals surface area contributed by atoms with E-state index in [0.29, 0.717) is 0 Å². The molecule has 0 aromatic rings. The quantitative estimate of drug-likeness (QED) is 0.167. The van der Waals surface area contributed by atoms with Crippen LogP contribution in [0, 0.1) is 0 Å². The van der Waals surface area contributed by atoms with Gasteiger partial charge in [-0.1, -0.05) is 0 Å². The normalized spacial score (nSPS) is 7.50. The lowest BCUT2D eigenvalue weighted by molar-refractivity contribution is -0.504. The number of hydrogen-bond acceptors (Lipinski definition) is 1. The number of rotatable bonds is 1. The molecule has 60 valence electrons. The molecule has 0 heterocycles. The molecule has 0 aliphatic rings. The summed E-state index contributed by atoms with van der Waals surface area (Å²) in [4.78, 5) is 0. The topological polar surface area (TPSA) is 67.4 Å². The van der Waals surface area contributed by atoms with E-state index in [1.54, 1.807) is 7.05 Å². The van der Waals surface area contributed by atoms with Gasteiger partial charge in [0.25, 0.3) is 0 Å². The van der Waals surface area contributed by atoms with E-state index in [2.05, 4.69) is 5.10 Å². The van der Waals surface area contributed by atoms with Crippen LogP contribution in [0.3, 0.4) is 0 Å². The van der Waals surface area contributed by atoms with Gasteiger partial charge in [-0.2, -0.15) is 0 Å². The van der Waals surface area contributed by atoms with Crippen LogP contribution in [0.25, 0.3) is 0 Å². The molecule has 0 aliphatic heterocycles. The lowest BCUT2D eigenvalue weighted by Crippen LogP contribution is -3.00. The molecule has 4 N–H and O–H groups in total. The highest BCUT2D eigenvalue weighted by atomic mass is 127. The van der Waals surface area contributed by atoms with Crippen LogP contribution in [0.1, 0.15) is 13.8 Å². The van der Waals surface area contributed by atoms with Gasteiger partial charge >= 0.3 is 5.96 Å². The number of hydrogen-bond donors (Lipinski definition) is 2. The minimum Gasteiger partial charge on any atom is -1.00 e. The molecule has 0 atom stereocenters. The molecule has 0 fully saturated rings. The van der Waals surface area contributed by atoms with Crippen LogP contribution >= 0.6 is 0 Å². The lowest BCUT2D eigenvalue weighted by Gasteiger charge is -1.92. The van der Waals surface area contributed by atoms with Gasteiger partial charge in [0.05, 0.1) is 7.05 Å². The zero-order valence-electron chi connectivity index (χ0n) is 6.43. The number of hydrazone groups is 1. The zero-order chi connectivity index (χ0) is 7.44. The van der Waals surface area contributed by atoms with Gasteiger partial charge in [-0.15, -0.1) is 9.79 Å². The molecular weight excluding hydrogens is 243 g/mol. The maximum Gasteiger partial charge on any atom is 0.364 e. The highest BCUT2D eigenvalue weighted by molar-refractivity contribution is 5.79. The molecular formula is C5H13IN4. The fourth-order valence-electron chi connectivity index (χ4n) is 0.358. The van der Waals surface area contributed by atoms with Crippen molar-refractivity contribution in [2.45, 2.75) is 13.8 Å². The SMILES string of the molecule is CC(C)=N[N+](C)=C(N)N.[I-]. The van der Waals surface area contributed by atoms with Gasteiger partial charge in [0.15, 0.2) is 0 Å². The Kier molecular flexibility index (Phi) is 6.74. The molecule has 10 heavy (non-hydrogen) atoms. The average Bonchev–Trinajstić information content (AvgIpc) is 1.63. The summed E-state index contributed by atoms with van der Waals surface area (Å²) < 4.78 is 1.43. The van der Waals surface area contributed by atoms with Crippen LogP contribution < -0.4 is 35.4 Å². The first-order valence-electron chi connectivity index (χ1n) is 2.67. The smallest absolute Gasteiger partial charge is 0.364 e. The third-order valence-electron chi connectivity index (χ3n) is 0.724. The Labute approximate surface area is 78.0 Å². The maximum atomic E-state index is 5.20. The van der Waals surface area contributed by atoms with Gasteiger partial charge in [0, 0.05) is 5.71 Å². The summed E-state index contributed by atoms with van der Waals surface area (Å²) in [6.07, 6.45) is 0. The van der Waals surface area contributed by atoms with E-state index in [-0.39, 0.29) is 29.9 Å². The summed E-state index contributed by atoms with van der Waals surface area (Å²) in [6.45, 7) is 3.75. The Balaban J connectivity index is 0. The first-order chi connectivity index (χ1) is 4.04. The van der Waals surface area contributed by atoms with Crippen LogP contribution in [0.15, 0.2) is 5.10 Å². The molecule has 0 radical (unpaired) electrons. The standard InChI is InChI=1S/C5H12N4.HI/c1-4(2)8-9(3)5(6)7;/h1-3H3,(H3,6,7);1H. The summed E-state index contributed by atoms with van der Waals surface area (Å²) in [5.74, 6) is 0.205. The summed E-state index contributed by atoms with van der Waals surface area (Å²) >= 11 is 0. The highest BCUT2D eigenvalue weighted by Crippen LogP contribution is 1.73. The molecule has 0 bridgehead atoms. The van der Waals surface area contributed by atoms with E-state index in [4.69, 9.17) is 11.5 Å². The van der Waals surface area contributed by atoms with Gasteiger partial charge in [0.2, 0.25) is 0 Å². The molecule has 0 aliphatic carbocycles. The van der Waals surface area contributed by atoms with Crippen molar-refractivity contribution in [2.24, 2.45) is 16.6 Å². The van der Waals surface area contributed by atoms with Gasteiger partial charge in [0.1, 0.15) is 0 Å². The molecule has 0 aromatic heterocycles. The largest absolute Gasteiger partial charge is 1.00 e. The van der Waals surface area contributed by atoms with E-state index < -0.39 is 0 Å². The average molecular weight is 256 g/mol. The first-order valence-corrected chi connectivity index (χ1v) is 2.67. The van der Waals surface area contributed by atoms with Crippen molar-refractivity contribution >= 4 is 11.7 Å². The third-order valence-corrected chi connectivity index (χ3v) is 0.724. The molecule has 0 aromatic carbocycles. The zero-order valence-corrected chi connectivity index (χ0v) is 8.58. The van der Waals surface area contributed by atoms with E-state index in [1.165, 1.54) is 4.68 Å². The molecule has 0 saturated heterocycles. The fraction of sp³-hybridized carbons (Fsp3) is 0.600. The lowest BCUT2D eigenvalue weighted by atomic mass is 10.5. The van der Waals surface area contributed by atoms with Crippen molar-refractivity contribution in [1.29, 1.82) is 0 Å². The Bertz CT molecular complexity index is 153. The van der Waals surface area contributed by atoms with Crippen molar-refractivity contribution in [3.63, 3.8) is 0 Å². The summed E-state index contributed by atoms with van der Waals surface area (Å²) in [5.41, 5.74) is 11.3. The van der Waals surface area contributed by atoms with Crippen LogP contribution in [-0.4, -0.2) is 23.4 Å². The second-order valence-corrected chi connectivity index (χ2v) is 2.00. The molecule has 0 amide bonds. The van der Waals surface area contributed by atoms with Gasteiger partial charge in [-0.25, -0.2) is 0 Å². The van der Waals surface area contributed by atoms with Crippen LogP contribution in [0.2, 0.25) is 0 Å². The predicted molar refractivity (Wildman–Crippen MR) is 38.3 cm³/mol. The Morgan fingerprint density at radius 3 is 1.80 bits per heavy atom. The maximum absolute atomic E-state index is 5.20. The molecule has 0 saturated carbocycles. The minimum atomic E-state index is 0. The second-order valence-electron chi connectivity index (χ2n) is 2.00. The predicted octanol–water partition coefficient (Wildman–Crippen LogP) is -3.70. The Morgan fingerprint density at radius 2 is 1.70 bits per heavy atom. The van der Waals surface area contributed by atoms with Crippen LogP contribution in [-0.2, 0) is 0 Å².